The molecule has 1 amide bonds. The molecule has 1 aromatic heterocycles. The first-order valence-corrected chi connectivity index (χ1v) is 7.48. The Morgan fingerprint density at radius 1 is 1.47 bits per heavy atom. The van der Waals surface area contributed by atoms with Crippen molar-refractivity contribution < 1.29 is 19.1 Å². The second-order valence-corrected chi connectivity index (χ2v) is 5.15. The third-order valence-electron chi connectivity index (χ3n) is 2.74. The van der Waals surface area contributed by atoms with Crippen molar-refractivity contribution in [2.75, 3.05) is 19.3 Å². The molecule has 0 saturated carbocycles. The van der Waals surface area contributed by atoms with Crippen LogP contribution in [0.3, 0.4) is 0 Å². The summed E-state index contributed by atoms with van der Waals surface area (Å²) in [4.78, 5) is 24.5. The first-order valence-electron chi connectivity index (χ1n) is 6.09. The number of rotatable bonds is 7. The third-order valence-corrected chi connectivity index (χ3v) is 3.32. The van der Waals surface area contributed by atoms with Crippen LogP contribution in [-0.2, 0) is 10.5 Å². The topological polar surface area (TPSA) is 70.8 Å². The van der Waals surface area contributed by atoms with Gasteiger partial charge in [0.25, 0.3) is 5.91 Å². The molecule has 5 nitrogen and oxygen atoms in total. The molecule has 1 atom stereocenters. The van der Waals surface area contributed by atoms with Crippen LogP contribution in [0.5, 0.6) is 0 Å². The van der Waals surface area contributed by atoms with Crippen molar-refractivity contribution in [3.63, 3.8) is 0 Å². The summed E-state index contributed by atoms with van der Waals surface area (Å²) in [6, 6.07) is 3.42. The summed E-state index contributed by atoms with van der Waals surface area (Å²) in [7, 11) is 0. The third kappa shape index (κ3) is 4.31. The van der Waals surface area contributed by atoms with E-state index in [2.05, 4.69) is 0 Å². The molecule has 0 aromatic carbocycles. The Morgan fingerprint density at radius 2 is 2.16 bits per heavy atom. The summed E-state index contributed by atoms with van der Waals surface area (Å²) in [5.74, 6) is -0.0341. The Balaban J connectivity index is 2.74. The zero-order chi connectivity index (χ0) is 14.4. The number of amides is 1. The molecule has 1 aromatic rings. The molecule has 0 saturated heterocycles. The van der Waals surface area contributed by atoms with E-state index in [1.807, 2.05) is 13.2 Å². The lowest BCUT2D eigenvalue weighted by Crippen LogP contribution is -2.36. The number of aliphatic carboxylic acids is 1. The van der Waals surface area contributed by atoms with Crippen molar-refractivity contribution >= 4 is 23.6 Å². The van der Waals surface area contributed by atoms with Gasteiger partial charge in [-0.25, -0.2) is 0 Å². The monoisotopic (exact) mass is 285 g/mol. The van der Waals surface area contributed by atoms with E-state index < -0.39 is 11.9 Å². The molecule has 0 aliphatic rings. The highest BCUT2D eigenvalue weighted by molar-refractivity contribution is 7.97. The molecule has 0 spiro atoms. The summed E-state index contributed by atoms with van der Waals surface area (Å²) in [6.45, 7) is 4.04. The van der Waals surface area contributed by atoms with Crippen LogP contribution >= 0.6 is 11.8 Å². The maximum Gasteiger partial charge on any atom is 0.308 e. The number of carboxylic acid groups (broad SMARTS) is 1. The van der Waals surface area contributed by atoms with E-state index in [9.17, 15) is 9.59 Å². The molecule has 1 N–H and O–H groups in total. The molecular formula is C13H19NO4S. The van der Waals surface area contributed by atoms with Crippen LogP contribution < -0.4 is 0 Å². The molecule has 6 heteroatoms. The molecule has 0 bridgehead atoms. The summed E-state index contributed by atoms with van der Waals surface area (Å²) >= 11 is 1.61. The molecule has 106 valence electrons. The van der Waals surface area contributed by atoms with Crippen molar-refractivity contribution in [2.45, 2.75) is 19.6 Å². The Hall–Kier alpha value is -1.43. The maximum atomic E-state index is 12.2. The van der Waals surface area contributed by atoms with E-state index in [1.54, 1.807) is 30.8 Å². The minimum atomic E-state index is -0.909. The number of hydrogen-bond donors (Lipinski definition) is 1. The van der Waals surface area contributed by atoms with Gasteiger partial charge in [0.1, 0.15) is 5.76 Å². The van der Waals surface area contributed by atoms with E-state index in [0.29, 0.717) is 12.3 Å². The zero-order valence-electron chi connectivity index (χ0n) is 11.4. The number of carboxylic acids is 1. The second kappa shape index (κ2) is 7.23. The standard InChI is InChI=1S/C13H19NO4S/c1-4-14(7-9(2)13(16)17)12(15)11-6-5-10(18-11)8-19-3/h5-6,9H,4,7-8H2,1-3H3,(H,16,17). The minimum Gasteiger partial charge on any atom is -0.481 e. The predicted molar refractivity (Wildman–Crippen MR) is 74.3 cm³/mol. The lowest BCUT2D eigenvalue weighted by atomic mass is 10.1. The fourth-order valence-electron chi connectivity index (χ4n) is 1.63. The molecule has 19 heavy (non-hydrogen) atoms. The first-order chi connectivity index (χ1) is 8.99. The van der Waals surface area contributed by atoms with Crippen LogP contribution in [0.25, 0.3) is 0 Å². The van der Waals surface area contributed by atoms with Crippen LogP contribution in [0.1, 0.15) is 30.2 Å². The fraction of sp³-hybridized carbons (Fsp3) is 0.538. The Labute approximate surface area is 117 Å². The number of hydrogen-bond acceptors (Lipinski definition) is 4. The highest BCUT2D eigenvalue weighted by atomic mass is 32.2. The fourth-order valence-corrected chi connectivity index (χ4v) is 2.07. The second-order valence-electron chi connectivity index (χ2n) is 4.28. The van der Waals surface area contributed by atoms with Gasteiger partial charge in [-0.3, -0.25) is 9.59 Å². The lowest BCUT2D eigenvalue weighted by Gasteiger charge is -2.21. The first kappa shape index (κ1) is 15.6. The molecule has 0 aliphatic carbocycles. The Morgan fingerprint density at radius 3 is 2.68 bits per heavy atom. The highest BCUT2D eigenvalue weighted by Crippen LogP contribution is 2.15. The Kier molecular flexibility index (Phi) is 5.95. The molecule has 1 heterocycles. The van der Waals surface area contributed by atoms with Crippen molar-refractivity contribution in [1.82, 2.24) is 4.90 Å². The Bertz CT molecular complexity index is 444. The van der Waals surface area contributed by atoms with Gasteiger partial charge >= 0.3 is 5.97 Å². The van der Waals surface area contributed by atoms with E-state index in [0.717, 1.165) is 5.76 Å². The highest BCUT2D eigenvalue weighted by Gasteiger charge is 2.22. The quantitative estimate of drug-likeness (QED) is 0.832. The summed E-state index contributed by atoms with van der Waals surface area (Å²) in [5.41, 5.74) is 0. The predicted octanol–water partition coefficient (Wildman–Crippen LogP) is 2.33. The number of thioether (sulfide) groups is 1. The van der Waals surface area contributed by atoms with Gasteiger partial charge in [0.15, 0.2) is 5.76 Å². The molecule has 1 rings (SSSR count). The van der Waals surface area contributed by atoms with Gasteiger partial charge in [0.2, 0.25) is 0 Å². The van der Waals surface area contributed by atoms with Gasteiger partial charge in [0, 0.05) is 13.1 Å². The van der Waals surface area contributed by atoms with Crippen LogP contribution in [0.15, 0.2) is 16.5 Å². The number of carbonyl (C=O) groups is 2. The van der Waals surface area contributed by atoms with Crippen molar-refractivity contribution in [3.05, 3.63) is 23.7 Å². The van der Waals surface area contributed by atoms with Crippen molar-refractivity contribution in [3.8, 4) is 0 Å². The van der Waals surface area contributed by atoms with E-state index >= 15 is 0 Å². The SMILES string of the molecule is CCN(CC(C)C(=O)O)C(=O)c1ccc(CSC)o1. The van der Waals surface area contributed by atoms with Gasteiger partial charge in [-0.1, -0.05) is 6.92 Å². The van der Waals surface area contributed by atoms with Gasteiger partial charge < -0.3 is 14.4 Å². The average Bonchev–Trinajstić information content (AvgIpc) is 2.83. The van der Waals surface area contributed by atoms with E-state index in [4.69, 9.17) is 9.52 Å². The minimum absolute atomic E-state index is 0.184. The summed E-state index contributed by atoms with van der Waals surface area (Å²) in [5, 5.41) is 8.89. The number of nitrogens with zero attached hydrogens (tertiary/aromatic N) is 1. The lowest BCUT2D eigenvalue weighted by molar-refractivity contribution is -0.141. The summed E-state index contributed by atoms with van der Waals surface area (Å²) < 4.78 is 5.45. The van der Waals surface area contributed by atoms with Crippen LogP contribution in [-0.4, -0.2) is 41.2 Å². The number of furan rings is 1. The molecular weight excluding hydrogens is 266 g/mol. The van der Waals surface area contributed by atoms with Gasteiger partial charge in [0.05, 0.1) is 11.7 Å². The van der Waals surface area contributed by atoms with Gasteiger partial charge in [-0.2, -0.15) is 11.8 Å². The summed E-state index contributed by atoms with van der Waals surface area (Å²) in [6.07, 6.45) is 1.96. The van der Waals surface area contributed by atoms with Gasteiger partial charge in [-0.05, 0) is 25.3 Å². The molecule has 0 aliphatic heterocycles. The van der Waals surface area contributed by atoms with Gasteiger partial charge in [-0.15, -0.1) is 0 Å². The van der Waals surface area contributed by atoms with Crippen molar-refractivity contribution in [1.29, 1.82) is 0 Å². The largest absolute Gasteiger partial charge is 0.481 e. The van der Waals surface area contributed by atoms with Crippen LogP contribution in [0.4, 0.5) is 0 Å². The smallest absolute Gasteiger partial charge is 0.308 e. The average molecular weight is 285 g/mol. The normalized spacial score (nSPS) is 12.2. The number of carbonyl (C=O) groups excluding carboxylic acids is 1. The van der Waals surface area contributed by atoms with Crippen LogP contribution in [0, 0.1) is 5.92 Å². The maximum absolute atomic E-state index is 12.2. The van der Waals surface area contributed by atoms with E-state index in [1.165, 1.54) is 4.90 Å². The van der Waals surface area contributed by atoms with Crippen molar-refractivity contribution in [2.24, 2.45) is 5.92 Å². The molecule has 0 fully saturated rings. The van der Waals surface area contributed by atoms with Crippen LogP contribution in [0.2, 0.25) is 0 Å². The molecule has 1 unspecified atom stereocenters. The molecule has 0 radical (unpaired) electrons. The zero-order valence-corrected chi connectivity index (χ0v) is 12.2. The van der Waals surface area contributed by atoms with E-state index in [-0.39, 0.29) is 18.2 Å².